The van der Waals surface area contributed by atoms with Crippen molar-refractivity contribution >= 4 is 5.97 Å². The van der Waals surface area contributed by atoms with Crippen LogP contribution in [-0.4, -0.2) is 18.7 Å². The minimum Gasteiger partial charge on any atom is -0.426 e. The third kappa shape index (κ3) is 6.10. The quantitative estimate of drug-likeness (QED) is 0.295. The fourth-order valence-electron chi connectivity index (χ4n) is 3.69. The van der Waals surface area contributed by atoms with Gasteiger partial charge in [-0.05, 0) is 61.9 Å². The first-order chi connectivity index (χ1) is 14.1. The molecule has 0 bridgehead atoms. The van der Waals surface area contributed by atoms with Crippen molar-refractivity contribution in [2.75, 3.05) is 6.61 Å². The van der Waals surface area contributed by atoms with Crippen molar-refractivity contribution in [2.45, 2.75) is 58.0 Å². The topological polar surface area (TPSA) is 35.5 Å². The highest BCUT2D eigenvalue weighted by molar-refractivity contribution is 5.75. The van der Waals surface area contributed by atoms with Crippen molar-refractivity contribution in [3.05, 3.63) is 54.1 Å². The van der Waals surface area contributed by atoms with E-state index in [0.717, 1.165) is 38.7 Å². The molecule has 5 heteroatoms. The van der Waals surface area contributed by atoms with Crippen molar-refractivity contribution in [1.82, 2.24) is 0 Å². The summed E-state index contributed by atoms with van der Waals surface area (Å²) in [7, 11) is 0. The van der Waals surface area contributed by atoms with Gasteiger partial charge in [0.05, 0.1) is 12.0 Å². The highest BCUT2D eigenvalue weighted by atomic mass is 19.1. The van der Waals surface area contributed by atoms with Gasteiger partial charge in [0.2, 0.25) is 0 Å². The standard InChI is InChI=1S/C24H28F2O3/c1-2-3-4-15-28-20-11-7-18(8-12-20)24(27)29-21-13-14-22(23(26)16-21)17-5-9-19(25)10-6-17/h5-6,9-10,13-14,16,18,20H,2-4,7-8,11-12,15H2,1H3/t18-,20-. The van der Waals surface area contributed by atoms with E-state index in [1.165, 1.54) is 43.2 Å². The number of benzene rings is 2. The molecule has 2 aromatic carbocycles. The van der Waals surface area contributed by atoms with E-state index in [-0.39, 0.29) is 29.6 Å². The van der Waals surface area contributed by atoms with Crippen LogP contribution in [0.25, 0.3) is 11.1 Å². The largest absolute Gasteiger partial charge is 0.426 e. The van der Waals surface area contributed by atoms with Gasteiger partial charge in [0.1, 0.15) is 17.4 Å². The molecule has 3 nitrogen and oxygen atoms in total. The molecule has 0 aromatic heterocycles. The molecule has 0 spiro atoms. The van der Waals surface area contributed by atoms with Gasteiger partial charge in [0.15, 0.2) is 0 Å². The van der Waals surface area contributed by atoms with E-state index in [2.05, 4.69) is 6.92 Å². The van der Waals surface area contributed by atoms with Crippen molar-refractivity contribution in [3.63, 3.8) is 0 Å². The molecule has 0 saturated heterocycles. The molecule has 0 N–H and O–H groups in total. The van der Waals surface area contributed by atoms with Gasteiger partial charge in [-0.2, -0.15) is 0 Å². The first-order valence-electron chi connectivity index (χ1n) is 10.5. The van der Waals surface area contributed by atoms with E-state index < -0.39 is 5.82 Å². The highest BCUT2D eigenvalue weighted by Crippen LogP contribution is 2.30. The Morgan fingerprint density at radius 1 is 1.00 bits per heavy atom. The summed E-state index contributed by atoms with van der Waals surface area (Å²) in [4.78, 5) is 12.4. The lowest BCUT2D eigenvalue weighted by Crippen LogP contribution is -2.29. The van der Waals surface area contributed by atoms with Gasteiger partial charge >= 0.3 is 5.97 Å². The highest BCUT2D eigenvalue weighted by Gasteiger charge is 2.28. The average Bonchev–Trinajstić information content (AvgIpc) is 2.73. The molecule has 156 valence electrons. The van der Waals surface area contributed by atoms with Gasteiger partial charge in [0, 0.05) is 18.2 Å². The molecule has 0 heterocycles. The van der Waals surface area contributed by atoms with Crippen LogP contribution in [0.4, 0.5) is 8.78 Å². The molecular weight excluding hydrogens is 374 g/mol. The van der Waals surface area contributed by atoms with Crippen LogP contribution in [0.15, 0.2) is 42.5 Å². The summed E-state index contributed by atoms with van der Waals surface area (Å²) in [6.07, 6.45) is 6.82. The van der Waals surface area contributed by atoms with E-state index >= 15 is 0 Å². The molecule has 29 heavy (non-hydrogen) atoms. The predicted molar refractivity (Wildman–Crippen MR) is 109 cm³/mol. The Bertz CT molecular complexity index is 796. The smallest absolute Gasteiger partial charge is 0.314 e. The third-order valence-corrected chi connectivity index (χ3v) is 5.42. The SMILES string of the molecule is CCCCCO[C@H]1CC[C@H](C(=O)Oc2ccc(-c3ccc(F)cc3)c(F)c2)CC1. The average molecular weight is 402 g/mol. The summed E-state index contributed by atoms with van der Waals surface area (Å²) in [5.41, 5.74) is 0.907. The summed E-state index contributed by atoms with van der Waals surface area (Å²) in [5.74, 6) is -1.18. The lowest BCUT2D eigenvalue weighted by Gasteiger charge is -2.27. The molecule has 0 atom stereocenters. The third-order valence-electron chi connectivity index (χ3n) is 5.42. The molecule has 3 rings (SSSR count). The van der Waals surface area contributed by atoms with E-state index in [0.29, 0.717) is 11.1 Å². The Morgan fingerprint density at radius 2 is 1.72 bits per heavy atom. The van der Waals surface area contributed by atoms with Crippen molar-refractivity contribution in [3.8, 4) is 16.9 Å². The monoisotopic (exact) mass is 402 g/mol. The lowest BCUT2D eigenvalue weighted by molar-refractivity contribution is -0.141. The minimum atomic E-state index is -0.508. The number of halogens is 2. The summed E-state index contributed by atoms with van der Waals surface area (Å²) in [6.45, 7) is 2.95. The normalized spacial score (nSPS) is 19.1. The summed E-state index contributed by atoms with van der Waals surface area (Å²) < 4.78 is 38.8. The molecule has 1 aliphatic carbocycles. The maximum absolute atomic E-state index is 14.5. The number of hydrogen-bond acceptors (Lipinski definition) is 3. The Morgan fingerprint density at radius 3 is 2.38 bits per heavy atom. The lowest BCUT2D eigenvalue weighted by atomic mass is 9.87. The molecule has 1 saturated carbocycles. The zero-order valence-electron chi connectivity index (χ0n) is 16.8. The maximum Gasteiger partial charge on any atom is 0.314 e. The molecular formula is C24H28F2O3. The van der Waals surface area contributed by atoms with Gasteiger partial charge in [0.25, 0.3) is 0 Å². The van der Waals surface area contributed by atoms with Crippen LogP contribution in [0.5, 0.6) is 5.75 Å². The zero-order valence-corrected chi connectivity index (χ0v) is 16.8. The summed E-state index contributed by atoms with van der Waals surface area (Å²) in [5, 5.41) is 0. The van der Waals surface area contributed by atoms with Crippen molar-refractivity contribution < 1.29 is 23.0 Å². The maximum atomic E-state index is 14.5. The number of carbonyl (C=O) groups is 1. The minimum absolute atomic E-state index is 0.176. The molecule has 1 aliphatic rings. The molecule has 0 radical (unpaired) electrons. The van der Waals surface area contributed by atoms with E-state index in [9.17, 15) is 13.6 Å². The first-order valence-corrected chi connectivity index (χ1v) is 10.5. The number of ether oxygens (including phenoxy) is 2. The van der Waals surface area contributed by atoms with Crippen LogP contribution >= 0.6 is 0 Å². The fraction of sp³-hybridized carbons (Fsp3) is 0.458. The Balaban J connectivity index is 1.51. The van der Waals surface area contributed by atoms with Gasteiger partial charge in [-0.25, -0.2) is 8.78 Å². The Labute approximate surface area is 171 Å². The molecule has 0 unspecified atom stereocenters. The van der Waals surface area contributed by atoms with Gasteiger partial charge in [-0.3, -0.25) is 4.79 Å². The molecule has 1 fully saturated rings. The van der Waals surface area contributed by atoms with Crippen LogP contribution in [-0.2, 0) is 9.53 Å². The predicted octanol–water partition coefficient (Wildman–Crippen LogP) is 6.30. The van der Waals surface area contributed by atoms with Gasteiger partial charge in [-0.15, -0.1) is 0 Å². The van der Waals surface area contributed by atoms with Crippen LogP contribution in [0.1, 0.15) is 51.9 Å². The number of esters is 1. The second kappa shape index (κ2) is 10.5. The second-order valence-corrected chi connectivity index (χ2v) is 7.62. The zero-order chi connectivity index (χ0) is 20.6. The fourth-order valence-corrected chi connectivity index (χ4v) is 3.69. The summed E-state index contributed by atoms with van der Waals surface area (Å²) >= 11 is 0. The first kappa shape index (κ1) is 21.4. The number of hydrogen-bond donors (Lipinski definition) is 0. The number of unbranched alkanes of at least 4 members (excludes halogenated alkanes) is 2. The Kier molecular flexibility index (Phi) is 7.76. The molecule has 0 amide bonds. The second-order valence-electron chi connectivity index (χ2n) is 7.62. The van der Waals surface area contributed by atoms with Crippen molar-refractivity contribution in [1.29, 1.82) is 0 Å². The van der Waals surface area contributed by atoms with Gasteiger partial charge < -0.3 is 9.47 Å². The van der Waals surface area contributed by atoms with Crippen LogP contribution < -0.4 is 4.74 Å². The van der Waals surface area contributed by atoms with E-state index in [4.69, 9.17) is 9.47 Å². The van der Waals surface area contributed by atoms with Crippen LogP contribution in [0, 0.1) is 17.6 Å². The Hall–Kier alpha value is -2.27. The molecule has 2 aromatic rings. The molecule has 0 aliphatic heterocycles. The summed E-state index contributed by atoms with van der Waals surface area (Å²) in [6, 6.07) is 9.93. The van der Waals surface area contributed by atoms with E-state index in [1.807, 2.05) is 0 Å². The number of rotatable bonds is 8. The number of carbonyl (C=O) groups excluding carboxylic acids is 1. The van der Waals surface area contributed by atoms with Crippen LogP contribution in [0.2, 0.25) is 0 Å². The van der Waals surface area contributed by atoms with E-state index in [1.54, 1.807) is 12.1 Å². The van der Waals surface area contributed by atoms with Gasteiger partial charge in [-0.1, -0.05) is 31.9 Å². The van der Waals surface area contributed by atoms with Crippen LogP contribution in [0.3, 0.4) is 0 Å². The van der Waals surface area contributed by atoms with Crippen molar-refractivity contribution in [2.24, 2.45) is 5.92 Å².